The van der Waals surface area contributed by atoms with Gasteiger partial charge in [0.1, 0.15) is 17.3 Å². The Bertz CT molecular complexity index is 1520. The van der Waals surface area contributed by atoms with Crippen molar-refractivity contribution in [2.75, 3.05) is 14.2 Å². The van der Waals surface area contributed by atoms with E-state index in [-0.39, 0.29) is 23.4 Å². The van der Waals surface area contributed by atoms with Gasteiger partial charge in [0.25, 0.3) is 11.7 Å². The molecule has 1 amide bonds. The van der Waals surface area contributed by atoms with E-state index in [1.54, 1.807) is 31.5 Å². The molecule has 1 aliphatic rings. The van der Waals surface area contributed by atoms with Gasteiger partial charge in [0.15, 0.2) is 0 Å². The van der Waals surface area contributed by atoms with E-state index in [4.69, 9.17) is 21.1 Å². The molecule has 1 atom stereocenters. The summed E-state index contributed by atoms with van der Waals surface area (Å²) in [6.45, 7) is 0.0994. The molecule has 36 heavy (non-hydrogen) atoms. The van der Waals surface area contributed by atoms with Crippen LogP contribution in [0.2, 0.25) is 5.02 Å². The monoisotopic (exact) mass is 502 g/mol. The number of para-hydroxylation sites is 2. The van der Waals surface area contributed by atoms with Crippen LogP contribution in [0.3, 0.4) is 0 Å². The minimum absolute atomic E-state index is 0.0415. The van der Waals surface area contributed by atoms with Crippen LogP contribution in [-0.4, -0.2) is 40.9 Å². The normalized spacial score (nSPS) is 17.1. The quantitative estimate of drug-likeness (QED) is 0.207. The zero-order valence-corrected chi connectivity index (χ0v) is 20.4. The van der Waals surface area contributed by atoms with Gasteiger partial charge in [-0.05, 0) is 30.3 Å². The van der Waals surface area contributed by atoms with Crippen LogP contribution in [0.15, 0.2) is 78.5 Å². The molecule has 2 heterocycles. The molecule has 0 radical (unpaired) electrons. The lowest BCUT2D eigenvalue weighted by atomic mass is 9.94. The predicted molar refractivity (Wildman–Crippen MR) is 137 cm³/mol. The third-order valence-corrected chi connectivity index (χ3v) is 6.64. The molecular weight excluding hydrogens is 480 g/mol. The molecule has 5 rings (SSSR count). The largest absolute Gasteiger partial charge is 0.507 e. The maximum Gasteiger partial charge on any atom is 0.295 e. The number of nitrogens with zero attached hydrogens (tertiary/aromatic N) is 1. The van der Waals surface area contributed by atoms with Crippen molar-refractivity contribution in [2.45, 2.75) is 12.6 Å². The highest BCUT2D eigenvalue weighted by molar-refractivity contribution is 6.46. The van der Waals surface area contributed by atoms with Gasteiger partial charge in [0, 0.05) is 33.2 Å². The van der Waals surface area contributed by atoms with Gasteiger partial charge in [-0.15, -0.1) is 0 Å². The van der Waals surface area contributed by atoms with Crippen LogP contribution in [-0.2, 0) is 16.1 Å². The van der Waals surface area contributed by atoms with Crippen molar-refractivity contribution in [1.82, 2.24) is 9.88 Å². The number of aromatic amines is 1. The number of nitrogens with one attached hydrogen (secondary N) is 1. The van der Waals surface area contributed by atoms with Crippen molar-refractivity contribution in [3.05, 3.63) is 100 Å². The van der Waals surface area contributed by atoms with Crippen molar-refractivity contribution in [3.63, 3.8) is 0 Å². The highest BCUT2D eigenvalue weighted by Gasteiger charge is 2.47. The van der Waals surface area contributed by atoms with Gasteiger partial charge in [-0.25, -0.2) is 0 Å². The van der Waals surface area contributed by atoms with Crippen LogP contribution in [0.4, 0.5) is 0 Å². The van der Waals surface area contributed by atoms with Gasteiger partial charge < -0.3 is 24.5 Å². The fraction of sp³-hybridized carbons (Fsp3) is 0.143. The maximum atomic E-state index is 13.5. The molecule has 1 aromatic heterocycles. The maximum absolute atomic E-state index is 13.5. The second-order valence-corrected chi connectivity index (χ2v) is 8.81. The third kappa shape index (κ3) is 3.87. The third-order valence-electron chi connectivity index (χ3n) is 6.41. The Morgan fingerprint density at radius 2 is 1.72 bits per heavy atom. The SMILES string of the molecule is COc1ccccc1CN1C(=O)C(=O)/C(=C(/O)c2cc(Cl)ccc2OC)C1c1c[nH]c2ccccc12. The van der Waals surface area contributed by atoms with Crippen molar-refractivity contribution < 1.29 is 24.2 Å². The zero-order valence-electron chi connectivity index (χ0n) is 19.6. The van der Waals surface area contributed by atoms with E-state index < -0.39 is 17.7 Å². The van der Waals surface area contributed by atoms with Crippen LogP contribution in [0.1, 0.15) is 22.7 Å². The number of hydrogen-bond acceptors (Lipinski definition) is 5. The number of hydrogen-bond donors (Lipinski definition) is 2. The summed E-state index contributed by atoms with van der Waals surface area (Å²) in [7, 11) is 3.01. The molecule has 4 aromatic rings. The van der Waals surface area contributed by atoms with Crippen LogP contribution in [0.5, 0.6) is 11.5 Å². The lowest BCUT2D eigenvalue weighted by molar-refractivity contribution is -0.140. The fourth-order valence-electron chi connectivity index (χ4n) is 4.71. The molecule has 182 valence electrons. The summed E-state index contributed by atoms with van der Waals surface area (Å²) in [6.07, 6.45) is 1.76. The Hall–Kier alpha value is -4.23. The number of halogens is 1. The highest BCUT2D eigenvalue weighted by Crippen LogP contribution is 2.44. The molecule has 3 aromatic carbocycles. The minimum Gasteiger partial charge on any atom is -0.507 e. The Labute approximate surface area is 212 Å². The summed E-state index contributed by atoms with van der Waals surface area (Å²) in [5.74, 6) is -0.956. The summed E-state index contributed by atoms with van der Waals surface area (Å²) < 4.78 is 10.9. The average molecular weight is 503 g/mol. The first kappa shape index (κ1) is 23.5. The van der Waals surface area contributed by atoms with E-state index in [0.717, 1.165) is 16.5 Å². The van der Waals surface area contributed by atoms with Crippen molar-refractivity contribution in [1.29, 1.82) is 0 Å². The van der Waals surface area contributed by atoms with Gasteiger partial charge in [0.05, 0.1) is 37.9 Å². The average Bonchev–Trinajstić information content (AvgIpc) is 3.43. The lowest BCUT2D eigenvalue weighted by Crippen LogP contribution is -2.29. The van der Waals surface area contributed by atoms with Gasteiger partial charge >= 0.3 is 0 Å². The number of aliphatic hydroxyl groups excluding tert-OH is 1. The molecule has 1 saturated heterocycles. The predicted octanol–water partition coefficient (Wildman–Crippen LogP) is 5.46. The van der Waals surface area contributed by atoms with Crippen molar-refractivity contribution in [3.8, 4) is 11.5 Å². The van der Waals surface area contributed by atoms with Gasteiger partial charge in [-0.1, -0.05) is 48.0 Å². The fourth-order valence-corrected chi connectivity index (χ4v) is 4.89. The molecule has 1 unspecified atom stereocenters. The topological polar surface area (TPSA) is 91.9 Å². The van der Waals surface area contributed by atoms with Crippen LogP contribution in [0, 0.1) is 0 Å². The van der Waals surface area contributed by atoms with Crippen molar-refractivity contribution in [2.24, 2.45) is 0 Å². The molecule has 0 aliphatic carbocycles. The summed E-state index contributed by atoms with van der Waals surface area (Å²) in [4.78, 5) is 31.6. The number of aromatic nitrogens is 1. The number of amides is 1. The van der Waals surface area contributed by atoms with Gasteiger partial charge in [-0.3, -0.25) is 9.59 Å². The van der Waals surface area contributed by atoms with E-state index in [0.29, 0.717) is 22.1 Å². The Morgan fingerprint density at radius 3 is 2.50 bits per heavy atom. The molecule has 8 heteroatoms. The number of ketones is 1. The molecule has 0 bridgehead atoms. The van der Waals surface area contributed by atoms with E-state index in [1.165, 1.54) is 18.1 Å². The second-order valence-electron chi connectivity index (χ2n) is 8.37. The molecule has 2 N–H and O–H groups in total. The lowest BCUT2D eigenvalue weighted by Gasteiger charge is -2.25. The van der Waals surface area contributed by atoms with Gasteiger partial charge in [-0.2, -0.15) is 0 Å². The summed E-state index contributed by atoms with van der Waals surface area (Å²) in [6, 6.07) is 18.8. The smallest absolute Gasteiger partial charge is 0.295 e. The van der Waals surface area contributed by atoms with E-state index in [2.05, 4.69) is 4.98 Å². The number of likely N-dealkylation sites (tertiary alicyclic amines) is 1. The molecule has 0 spiro atoms. The Kier molecular flexibility index (Phi) is 6.16. The van der Waals surface area contributed by atoms with E-state index >= 15 is 0 Å². The summed E-state index contributed by atoms with van der Waals surface area (Å²) in [5.41, 5.74) is 2.44. The first-order chi connectivity index (χ1) is 17.4. The molecule has 7 nitrogen and oxygen atoms in total. The number of carbonyl (C=O) groups is 2. The first-order valence-corrected chi connectivity index (χ1v) is 11.6. The van der Waals surface area contributed by atoms with Crippen molar-refractivity contribution >= 4 is 40.0 Å². The number of fused-ring (bicyclic) bond motifs is 1. The number of benzene rings is 3. The number of rotatable bonds is 6. The number of H-pyrrole nitrogens is 1. The first-order valence-electron chi connectivity index (χ1n) is 11.2. The van der Waals surface area contributed by atoms with Gasteiger partial charge in [0.2, 0.25) is 0 Å². The number of ether oxygens (including phenoxy) is 2. The molecular formula is C28H23ClN2O5. The summed E-state index contributed by atoms with van der Waals surface area (Å²) >= 11 is 6.20. The van der Waals surface area contributed by atoms with E-state index in [9.17, 15) is 14.7 Å². The standard InChI is InChI=1S/C28H23ClN2O5/c1-35-22-10-6-3-7-16(22)15-31-25(20-14-30-21-9-5-4-8-18(20)21)24(27(33)28(31)34)26(32)19-13-17(29)11-12-23(19)36-2/h3-14,25,30,32H,15H2,1-2H3/b26-24+. The van der Waals surface area contributed by atoms with E-state index in [1.807, 2.05) is 42.5 Å². The molecule has 1 aliphatic heterocycles. The highest BCUT2D eigenvalue weighted by atomic mass is 35.5. The van der Waals surface area contributed by atoms with Crippen LogP contribution in [0.25, 0.3) is 16.7 Å². The number of aliphatic hydroxyl groups is 1. The zero-order chi connectivity index (χ0) is 25.4. The number of Topliss-reactive ketones (excluding diaryl/α,β-unsaturated/α-hetero) is 1. The number of carbonyl (C=O) groups excluding carboxylic acids is 2. The molecule has 1 fully saturated rings. The number of methoxy groups -OCH3 is 2. The minimum atomic E-state index is -0.866. The summed E-state index contributed by atoms with van der Waals surface area (Å²) in [5, 5.41) is 12.7. The second kappa shape index (κ2) is 9.43. The van der Waals surface area contributed by atoms with Crippen LogP contribution >= 0.6 is 11.6 Å². The van der Waals surface area contributed by atoms with Crippen LogP contribution < -0.4 is 9.47 Å². The Morgan fingerprint density at radius 1 is 1.00 bits per heavy atom. The Balaban J connectivity index is 1.74. The molecule has 0 saturated carbocycles.